The highest BCUT2D eigenvalue weighted by molar-refractivity contribution is 7.89. The number of sulfonamides is 1. The van der Waals surface area contributed by atoms with E-state index in [9.17, 15) is 27.6 Å². The van der Waals surface area contributed by atoms with Crippen LogP contribution in [0, 0.1) is 0 Å². The van der Waals surface area contributed by atoms with Gasteiger partial charge in [-0.3, -0.25) is 19.2 Å². The second-order valence-electron chi connectivity index (χ2n) is 9.66. The van der Waals surface area contributed by atoms with E-state index in [1.165, 1.54) is 12.1 Å². The molecule has 1 fully saturated rings. The lowest BCUT2D eigenvalue weighted by atomic mass is 9.83. The van der Waals surface area contributed by atoms with E-state index < -0.39 is 45.9 Å². The van der Waals surface area contributed by atoms with Crippen LogP contribution in [0.1, 0.15) is 52.8 Å². The van der Waals surface area contributed by atoms with Crippen molar-refractivity contribution >= 4 is 45.1 Å². The molecule has 0 atom stereocenters. The Kier molecular flexibility index (Phi) is 7.51. The quantitative estimate of drug-likeness (QED) is 0.316. The Morgan fingerprint density at radius 1 is 0.800 bits per heavy atom. The van der Waals surface area contributed by atoms with Crippen molar-refractivity contribution in [3.8, 4) is 0 Å². The maximum absolute atomic E-state index is 13.4. The standard InChI is InChI=1S/C29H27N3O7S/c33-25(19-30-40(37,38)22-9-3-1-4-10-22)39-29(17-7-2-8-18-29)28(36)31-20-13-15-21(16-14-20)32-26(34)23-11-5-6-12-24(23)27(32)35/h1,3-6,9-16,30H,2,7-8,17-19H2,(H,31,36). The summed E-state index contributed by atoms with van der Waals surface area (Å²) in [5, 5.41) is 2.77. The lowest BCUT2D eigenvalue weighted by molar-refractivity contribution is -0.168. The van der Waals surface area contributed by atoms with Crippen LogP contribution < -0.4 is 14.9 Å². The third-order valence-electron chi connectivity index (χ3n) is 7.02. The Labute approximate surface area is 231 Å². The Hall–Kier alpha value is -4.35. The topological polar surface area (TPSA) is 139 Å². The van der Waals surface area contributed by atoms with Gasteiger partial charge in [0.15, 0.2) is 5.60 Å². The highest BCUT2D eigenvalue weighted by Crippen LogP contribution is 2.34. The predicted octanol–water partition coefficient (Wildman–Crippen LogP) is 3.65. The predicted molar refractivity (Wildman–Crippen MR) is 146 cm³/mol. The minimum atomic E-state index is -3.92. The van der Waals surface area contributed by atoms with Gasteiger partial charge >= 0.3 is 5.97 Å². The van der Waals surface area contributed by atoms with Crippen LogP contribution in [0.15, 0.2) is 83.8 Å². The van der Waals surface area contributed by atoms with Crippen LogP contribution in [-0.4, -0.2) is 44.3 Å². The second kappa shape index (κ2) is 11.0. The van der Waals surface area contributed by atoms with E-state index >= 15 is 0 Å². The molecular weight excluding hydrogens is 534 g/mol. The molecule has 206 valence electrons. The van der Waals surface area contributed by atoms with Gasteiger partial charge in [0.05, 0.1) is 21.7 Å². The number of carbonyl (C=O) groups is 4. The zero-order valence-electron chi connectivity index (χ0n) is 21.5. The van der Waals surface area contributed by atoms with Gasteiger partial charge in [-0.15, -0.1) is 0 Å². The Balaban J connectivity index is 1.26. The summed E-state index contributed by atoms with van der Waals surface area (Å²) in [5.74, 6) is -2.24. The van der Waals surface area contributed by atoms with E-state index in [1.807, 2.05) is 0 Å². The molecule has 3 aromatic rings. The van der Waals surface area contributed by atoms with Gasteiger partial charge in [0.1, 0.15) is 6.54 Å². The number of esters is 1. The molecule has 3 amide bonds. The molecule has 11 heteroatoms. The monoisotopic (exact) mass is 561 g/mol. The van der Waals surface area contributed by atoms with Crippen molar-refractivity contribution < 1.29 is 32.3 Å². The molecular formula is C29H27N3O7S. The lowest BCUT2D eigenvalue weighted by Crippen LogP contribution is -2.49. The van der Waals surface area contributed by atoms with Crippen LogP contribution in [0.4, 0.5) is 11.4 Å². The highest BCUT2D eigenvalue weighted by Gasteiger charge is 2.43. The number of nitrogens with one attached hydrogen (secondary N) is 2. The van der Waals surface area contributed by atoms with E-state index in [0.717, 1.165) is 11.3 Å². The largest absolute Gasteiger partial charge is 0.448 e. The van der Waals surface area contributed by atoms with Crippen molar-refractivity contribution in [2.75, 3.05) is 16.8 Å². The molecule has 0 aromatic heterocycles. The Bertz CT molecular complexity index is 1530. The number of rotatable bonds is 8. The normalized spacial score (nSPS) is 16.4. The Morgan fingerprint density at radius 2 is 1.38 bits per heavy atom. The molecule has 1 heterocycles. The van der Waals surface area contributed by atoms with E-state index in [-0.39, 0.29) is 4.90 Å². The molecule has 0 unspecified atom stereocenters. The summed E-state index contributed by atoms with van der Waals surface area (Å²) in [6.07, 6.45) is 2.79. The average molecular weight is 562 g/mol. The third kappa shape index (κ3) is 5.38. The van der Waals surface area contributed by atoms with Gasteiger partial charge in [0.2, 0.25) is 10.0 Å². The SMILES string of the molecule is O=C(CNS(=O)(=O)c1ccccc1)OC1(C(=O)Nc2ccc(N3C(=O)c4ccccc4C3=O)cc2)CCCCC1. The summed E-state index contributed by atoms with van der Waals surface area (Å²) in [6, 6.07) is 20.4. The molecule has 1 aliphatic carbocycles. The number of nitrogens with zero attached hydrogens (tertiary/aromatic N) is 1. The molecule has 0 bridgehead atoms. The van der Waals surface area contributed by atoms with Crippen LogP contribution in [0.2, 0.25) is 0 Å². The zero-order chi connectivity index (χ0) is 28.3. The minimum absolute atomic E-state index is 0.0116. The van der Waals surface area contributed by atoms with Gasteiger partial charge in [0, 0.05) is 5.69 Å². The zero-order valence-corrected chi connectivity index (χ0v) is 22.3. The number of fused-ring (bicyclic) bond motifs is 1. The van der Waals surface area contributed by atoms with Crippen molar-refractivity contribution in [3.63, 3.8) is 0 Å². The average Bonchev–Trinajstić information content (AvgIpc) is 3.23. The van der Waals surface area contributed by atoms with Crippen molar-refractivity contribution in [1.29, 1.82) is 0 Å². The van der Waals surface area contributed by atoms with Crippen LogP contribution in [-0.2, 0) is 24.3 Å². The van der Waals surface area contributed by atoms with E-state index in [4.69, 9.17) is 4.74 Å². The molecule has 0 spiro atoms. The summed E-state index contributed by atoms with van der Waals surface area (Å²) in [4.78, 5) is 52.7. The van der Waals surface area contributed by atoms with Gasteiger partial charge in [-0.05, 0) is 74.2 Å². The van der Waals surface area contributed by atoms with E-state index in [0.29, 0.717) is 48.2 Å². The molecule has 1 saturated carbocycles. The summed E-state index contributed by atoms with van der Waals surface area (Å²) in [7, 11) is -3.92. The van der Waals surface area contributed by atoms with Gasteiger partial charge in [-0.25, -0.2) is 13.3 Å². The number of imide groups is 1. The molecule has 1 aliphatic heterocycles. The number of ether oxygens (including phenoxy) is 1. The first-order valence-corrected chi connectivity index (χ1v) is 14.3. The number of benzene rings is 3. The van der Waals surface area contributed by atoms with Gasteiger partial charge in [-0.1, -0.05) is 36.8 Å². The van der Waals surface area contributed by atoms with Crippen molar-refractivity contribution in [3.05, 3.63) is 90.0 Å². The summed E-state index contributed by atoms with van der Waals surface area (Å²) in [5.41, 5.74) is -0.0480. The summed E-state index contributed by atoms with van der Waals surface area (Å²) in [6.45, 7) is -0.624. The molecule has 5 rings (SSSR count). The molecule has 40 heavy (non-hydrogen) atoms. The molecule has 2 N–H and O–H groups in total. The Morgan fingerprint density at radius 3 is 1.98 bits per heavy atom. The number of hydrogen-bond donors (Lipinski definition) is 2. The first-order valence-electron chi connectivity index (χ1n) is 12.9. The summed E-state index contributed by atoms with van der Waals surface area (Å²) >= 11 is 0. The first-order chi connectivity index (χ1) is 19.2. The second-order valence-corrected chi connectivity index (χ2v) is 11.4. The summed E-state index contributed by atoms with van der Waals surface area (Å²) < 4.78 is 32.8. The fraction of sp³-hybridized carbons (Fsp3) is 0.241. The highest BCUT2D eigenvalue weighted by atomic mass is 32.2. The smallest absolute Gasteiger partial charge is 0.322 e. The minimum Gasteiger partial charge on any atom is -0.448 e. The van der Waals surface area contributed by atoms with Crippen LogP contribution in [0.25, 0.3) is 0 Å². The molecule has 2 aliphatic rings. The molecule has 10 nitrogen and oxygen atoms in total. The van der Waals surface area contributed by atoms with Crippen LogP contribution in [0.3, 0.4) is 0 Å². The lowest BCUT2D eigenvalue weighted by Gasteiger charge is -2.35. The van der Waals surface area contributed by atoms with Crippen molar-refractivity contribution in [2.24, 2.45) is 0 Å². The van der Waals surface area contributed by atoms with Gasteiger partial charge in [-0.2, -0.15) is 4.72 Å². The maximum atomic E-state index is 13.4. The molecule has 0 saturated heterocycles. The van der Waals surface area contributed by atoms with Gasteiger partial charge in [0.25, 0.3) is 17.7 Å². The number of anilines is 2. The molecule has 3 aromatic carbocycles. The third-order valence-corrected chi connectivity index (χ3v) is 8.44. The molecule has 0 radical (unpaired) electrons. The number of carbonyl (C=O) groups excluding carboxylic acids is 4. The van der Waals surface area contributed by atoms with Crippen LogP contribution in [0.5, 0.6) is 0 Å². The number of hydrogen-bond acceptors (Lipinski definition) is 7. The van der Waals surface area contributed by atoms with E-state index in [2.05, 4.69) is 10.0 Å². The maximum Gasteiger partial charge on any atom is 0.322 e. The van der Waals surface area contributed by atoms with Crippen molar-refractivity contribution in [1.82, 2.24) is 4.72 Å². The fourth-order valence-electron chi connectivity index (χ4n) is 4.95. The van der Waals surface area contributed by atoms with Gasteiger partial charge < -0.3 is 10.1 Å². The van der Waals surface area contributed by atoms with E-state index in [1.54, 1.807) is 66.7 Å². The fourth-order valence-corrected chi connectivity index (χ4v) is 5.94. The number of amides is 3. The first kappa shape index (κ1) is 27.2. The van der Waals surface area contributed by atoms with Crippen molar-refractivity contribution in [2.45, 2.75) is 42.6 Å². The van der Waals surface area contributed by atoms with Crippen LogP contribution >= 0.6 is 0 Å².